The number of thioether (sulfide) groups is 1. The number of nitrogens with zero attached hydrogens (tertiary/aromatic N) is 2. The first-order valence-corrected chi connectivity index (χ1v) is 6.50. The Labute approximate surface area is 98.6 Å². The molecule has 1 aromatic heterocycles. The molecule has 1 atom stereocenters. The summed E-state index contributed by atoms with van der Waals surface area (Å²) in [6.07, 6.45) is 0. The van der Waals surface area contributed by atoms with Crippen molar-refractivity contribution in [2.45, 2.75) is 16.1 Å². The number of halogens is 1. The zero-order chi connectivity index (χ0) is 10.6. The van der Waals surface area contributed by atoms with Crippen molar-refractivity contribution in [1.82, 2.24) is 10.2 Å². The highest BCUT2D eigenvalue weighted by Crippen LogP contribution is 2.24. The molecule has 1 rings (SSSR count). The Balaban J connectivity index is 2.37. The highest BCUT2D eigenvalue weighted by atomic mass is 79.9. The van der Waals surface area contributed by atoms with Crippen molar-refractivity contribution in [3.63, 3.8) is 0 Å². The first kappa shape index (κ1) is 11.9. The number of hydrogen-bond donors (Lipinski definition) is 0. The summed E-state index contributed by atoms with van der Waals surface area (Å²) in [5, 5.41) is 8.73. The van der Waals surface area contributed by atoms with Crippen LogP contribution in [0.2, 0.25) is 0 Å². The van der Waals surface area contributed by atoms with Gasteiger partial charge >= 0.3 is 5.97 Å². The molecule has 0 aliphatic heterocycles. The van der Waals surface area contributed by atoms with Gasteiger partial charge in [-0.3, -0.25) is 4.79 Å². The second kappa shape index (κ2) is 5.67. The van der Waals surface area contributed by atoms with Gasteiger partial charge in [0.1, 0.15) is 9.83 Å². The lowest BCUT2D eigenvalue weighted by Crippen LogP contribution is -2.17. The average molecular weight is 297 g/mol. The molecule has 1 heterocycles. The summed E-state index contributed by atoms with van der Waals surface area (Å²) in [6, 6.07) is 0. The van der Waals surface area contributed by atoms with E-state index in [4.69, 9.17) is 0 Å². The van der Waals surface area contributed by atoms with E-state index < -0.39 is 0 Å². The highest BCUT2D eigenvalue weighted by molar-refractivity contribution is 9.10. The number of alkyl halides is 1. The second-order valence-electron chi connectivity index (χ2n) is 2.39. The molecule has 1 aromatic rings. The highest BCUT2D eigenvalue weighted by Gasteiger charge is 2.16. The summed E-state index contributed by atoms with van der Waals surface area (Å²) in [5.41, 5.74) is 0. The summed E-state index contributed by atoms with van der Waals surface area (Å²) < 4.78 is 5.45. The van der Waals surface area contributed by atoms with Gasteiger partial charge in [0.15, 0.2) is 4.34 Å². The van der Waals surface area contributed by atoms with Gasteiger partial charge in [-0.1, -0.05) is 39.0 Å². The van der Waals surface area contributed by atoms with E-state index in [2.05, 4.69) is 30.9 Å². The maximum absolute atomic E-state index is 11.0. The van der Waals surface area contributed by atoms with Gasteiger partial charge in [-0.25, -0.2) is 0 Å². The van der Waals surface area contributed by atoms with E-state index in [0.29, 0.717) is 5.75 Å². The summed E-state index contributed by atoms with van der Waals surface area (Å²) >= 11 is 6.24. The SMILES string of the molecule is COC(=O)C(Br)CSc1nnc(C)s1. The zero-order valence-electron chi connectivity index (χ0n) is 7.69. The smallest absolute Gasteiger partial charge is 0.320 e. The van der Waals surface area contributed by atoms with Crippen molar-refractivity contribution in [3.05, 3.63) is 5.01 Å². The quantitative estimate of drug-likeness (QED) is 0.482. The van der Waals surface area contributed by atoms with Gasteiger partial charge in [-0.2, -0.15) is 0 Å². The summed E-state index contributed by atoms with van der Waals surface area (Å²) in [7, 11) is 1.37. The fraction of sp³-hybridized carbons (Fsp3) is 0.571. The molecule has 0 spiro atoms. The van der Waals surface area contributed by atoms with Crippen LogP contribution in [0.4, 0.5) is 0 Å². The Hall–Kier alpha value is -0.140. The van der Waals surface area contributed by atoms with Crippen molar-refractivity contribution in [3.8, 4) is 0 Å². The van der Waals surface area contributed by atoms with Gasteiger partial charge in [-0.15, -0.1) is 10.2 Å². The topological polar surface area (TPSA) is 52.1 Å². The minimum absolute atomic E-state index is 0.265. The molecule has 4 nitrogen and oxygen atoms in total. The first-order chi connectivity index (χ1) is 6.63. The summed E-state index contributed by atoms with van der Waals surface area (Å²) in [5.74, 6) is 0.333. The first-order valence-electron chi connectivity index (χ1n) is 3.78. The fourth-order valence-electron chi connectivity index (χ4n) is 0.677. The third kappa shape index (κ3) is 3.55. The largest absolute Gasteiger partial charge is 0.468 e. The molecule has 0 saturated heterocycles. The number of rotatable bonds is 4. The van der Waals surface area contributed by atoms with Crippen LogP contribution in [0.15, 0.2) is 4.34 Å². The molecule has 14 heavy (non-hydrogen) atoms. The van der Waals surface area contributed by atoms with Crippen molar-refractivity contribution < 1.29 is 9.53 Å². The molecule has 0 bridgehead atoms. The standard InChI is InChI=1S/C7H9BrN2O2S2/c1-4-9-10-7(14-4)13-3-5(8)6(11)12-2/h5H,3H2,1-2H3. The Morgan fingerprint density at radius 2 is 2.43 bits per heavy atom. The van der Waals surface area contributed by atoms with E-state index >= 15 is 0 Å². The van der Waals surface area contributed by atoms with Gasteiger partial charge in [-0.05, 0) is 6.92 Å². The molecular formula is C7H9BrN2O2S2. The van der Waals surface area contributed by atoms with Crippen molar-refractivity contribution in [2.24, 2.45) is 0 Å². The Morgan fingerprint density at radius 1 is 1.71 bits per heavy atom. The minimum Gasteiger partial charge on any atom is -0.468 e. The number of methoxy groups -OCH3 is 1. The van der Waals surface area contributed by atoms with Gasteiger partial charge < -0.3 is 4.74 Å². The van der Waals surface area contributed by atoms with Crippen LogP contribution in [-0.4, -0.2) is 33.9 Å². The maximum Gasteiger partial charge on any atom is 0.320 e. The molecule has 1 unspecified atom stereocenters. The van der Waals surface area contributed by atoms with Crippen LogP contribution in [0.5, 0.6) is 0 Å². The Kier molecular flexibility index (Phi) is 4.83. The molecule has 7 heteroatoms. The summed E-state index contributed by atoms with van der Waals surface area (Å²) in [4.78, 5) is 10.7. The van der Waals surface area contributed by atoms with E-state index in [9.17, 15) is 4.79 Å². The van der Waals surface area contributed by atoms with Crippen molar-refractivity contribution in [2.75, 3.05) is 12.9 Å². The lowest BCUT2D eigenvalue weighted by molar-refractivity contribution is -0.139. The molecule has 78 valence electrons. The molecule has 0 radical (unpaired) electrons. The monoisotopic (exact) mass is 296 g/mol. The number of esters is 1. The lowest BCUT2D eigenvalue weighted by atomic mass is 10.5. The molecule has 0 fully saturated rings. The third-order valence-electron chi connectivity index (χ3n) is 1.32. The second-order valence-corrected chi connectivity index (χ2v) is 5.94. The number of carbonyl (C=O) groups is 1. The van der Waals surface area contributed by atoms with Gasteiger partial charge in [0, 0.05) is 5.75 Å². The molecule has 0 aliphatic rings. The van der Waals surface area contributed by atoms with Gasteiger partial charge in [0.25, 0.3) is 0 Å². The van der Waals surface area contributed by atoms with Crippen LogP contribution in [0.3, 0.4) is 0 Å². The third-order valence-corrected chi connectivity index (χ3v) is 4.51. The number of carbonyl (C=O) groups excluding carboxylic acids is 1. The molecule has 0 N–H and O–H groups in total. The van der Waals surface area contributed by atoms with Gasteiger partial charge in [0.2, 0.25) is 0 Å². The van der Waals surface area contributed by atoms with Crippen molar-refractivity contribution >= 4 is 45.0 Å². The van der Waals surface area contributed by atoms with Gasteiger partial charge in [0.05, 0.1) is 7.11 Å². The molecule has 0 amide bonds. The average Bonchev–Trinajstić information content (AvgIpc) is 2.59. The Bertz CT molecular complexity index is 318. The fourth-order valence-corrected chi connectivity index (χ4v) is 3.00. The minimum atomic E-state index is -0.290. The predicted molar refractivity (Wildman–Crippen MR) is 60.1 cm³/mol. The maximum atomic E-state index is 11.0. The molecule has 0 aromatic carbocycles. The predicted octanol–water partition coefficient (Wildman–Crippen LogP) is 1.88. The van der Waals surface area contributed by atoms with Crippen LogP contribution in [0.1, 0.15) is 5.01 Å². The van der Waals surface area contributed by atoms with E-state index in [1.165, 1.54) is 30.2 Å². The lowest BCUT2D eigenvalue weighted by Gasteiger charge is -2.04. The van der Waals surface area contributed by atoms with E-state index in [1.807, 2.05) is 6.92 Å². The molecular weight excluding hydrogens is 288 g/mol. The van der Waals surface area contributed by atoms with E-state index in [0.717, 1.165) is 9.35 Å². The van der Waals surface area contributed by atoms with Crippen molar-refractivity contribution in [1.29, 1.82) is 0 Å². The summed E-state index contributed by atoms with van der Waals surface area (Å²) in [6.45, 7) is 1.90. The van der Waals surface area contributed by atoms with Crippen LogP contribution < -0.4 is 0 Å². The van der Waals surface area contributed by atoms with Crippen LogP contribution in [0, 0.1) is 6.92 Å². The number of ether oxygens (including phenoxy) is 1. The van der Waals surface area contributed by atoms with Crippen LogP contribution >= 0.6 is 39.0 Å². The van der Waals surface area contributed by atoms with E-state index in [-0.39, 0.29) is 10.8 Å². The number of aryl methyl sites for hydroxylation is 1. The zero-order valence-corrected chi connectivity index (χ0v) is 10.9. The van der Waals surface area contributed by atoms with E-state index in [1.54, 1.807) is 0 Å². The molecule has 0 aliphatic carbocycles. The molecule has 0 saturated carbocycles. The number of aromatic nitrogens is 2. The number of hydrogen-bond acceptors (Lipinski definition) is 6. The Morgan fingerprint density at radius 3 is 2.93 bits per heavy atom. The normalized spacial score (nSPS) is 12.5. The van der Waals surface area contributed by atoms with Crippen LogP contribution in [0.25, 0.3) is 0 Å². The van der Waals surface area contributed by atoms with Crippen LogP contribution in [-0.2, 0) is 9.53 Å².